The normalized spacial score (nSPS) is 10.8. The van der Waals surface area contributed by atoms with Gasteiger partial charge in [0.2, 0.25) is 5.88 Å². The molecule has 2 heterocycles. The Kier molecular flexibility index (Phi) is 5.24. The molecule has 2 aromatic rings. The molecule has 0 aliphatic heterocycles. The summed E-state index contributed by atoms with van der Waals surface area (Å²) in [5, 5.41) is 8.31. The van der Waals surface area contributed by atoms with Crippen LogP contribution in [-0.4, -0.2) is 26.9 Å². The van der Waals surface area contributed by atoms with E-state index in [0.29, 0.717) is 11.7 Å². The van der Waals surface area contributed by atoms with Crippen molar-refractivity contribution in [2.45, 2.75) is 40.2 Å². The van der Waals surface area contributed by atoms with Crippen LogP contribution in [0.5, 0.6) is 5.88 Å². The van der Waals surface area contributed by atoms with Gasteiger partial charge in [-0.2, -0.15) is 5.10 Å². The van der Waals surface area contributed by atoms with Crippen LogP contribution in [-0.2, 0) is 26.4 Å². The van der Waals surface area contributed by atoms with Crippen molar-refractivity contribution >= 4 is 17.4 Å². The number of aromatic nitrogens is 4. The second kappa shape index (κ2) is 6.96. The van der Waals surface area contributed by atoms with E-state index in [1.807, 2.05) is 20.9 Å². The lowest BCUT2D eigenvalue weighted by molar-refractivity contribution is 0.369. The minimum absolute atomic E-state index is 0.489. The van der Waals surface area contributed by atoms with Crippen molar-refractivity contribution in [3.05, 3.63) is 27.8 Å². The van der Waals surface area contributed by atoms with Gasteiger partial charge in [0.15, 0.2) is 0 Å². The molecule has 120 valence electrons. The van der Waals surface area contributed by atoms with Crippen LogP contribution < -0.4 is 10.1 Å². The third-order valence-corrected chi connectivity index (χ3v) is 3.95. The molecule has 0 saturated carbocycles. The number of halogens is 1. The molecule has 0 atom stereocenters. The van der Waals surface area contributed by atoms with Gasteiger partial charge in [-0.1, -0.05) is 25.4 Å². The van der Waals surface area contributed by atoms with Gasteiger partial charge in [0.1, 0.15) is 16.8 Å². The minimum atomic E-state index is 0.489. The van der Waals surface area contributed by atoms with Gasteiger partial charge in [-0.05, 0) is 13.3 Å². The highest BCUT2D eigenvalue weighted by molar-refractivity contribution is 6.30. The smallest absolute Gasteiger partial charge is 0.216 e. The first kappa shape index (κ1) is 16.5. The molecule has 7 heteroatoms. The number of anilines is 1. The molecule has 0 aliphatic rings. The van der Waals surface area contributed by atoms with Crippen molar-refractivity contribution < 1.29 is 4.74 Å². The summed E-state index contributed by atoms with van der Waals surface area (Å²) in [5.74, 6) is 2.25. The Bertz CT molecular complexity index is 668. The second-order valence-corrected chi connectivity index (χ2v) is 5.38. The molecule has 0 spiro atoms. The summed E-state index contributed by atoms with van der Waals surface area (Å²) in [5.41, 5.74) is 2.90. The Morgan fingerprint density at radius 2 is 1.95 bits per heavy atom. The summed E-state index contributed by atoms with van der Waals surface area (Å²) in [6.07, 6.45) is 1.59. The van der Waals surface area contributed by atoms with Gasteiger partial charge in [0, 0.05) is 25.6 Å². The van der Waals surface area contributed by atoms with Gasteiger partial charge in [-0.25, -0.2) is 14.6 Å². The molecule has 22 heavy (non-hydrogen) atoms. The Balaban J connectivity index is 2.29. The SMILES string of the molecule is CCc1nc(Cl)c(C)c(NCc2c(CC)nn(C)c2OC)n1. The number of nitrogens with zero attached hydrogens (tertiary/aromatic N) is 4. The third kappa shape index (κ3) is 3.16. The molecule has 0 fully saturated rings. The fraction of sp³-hybridized carbons (Fsp3) is 0.533. The van der Waals surface area contributed by atoms with Crippen LogP contribution in [0.3, 0.4) is 0 Å². The molecule has 2 rings (SSSR count). The summed E-state index contributed by atoms with van der Waals surface area (Å²) in [6.45, 7) is 6.57. The monoisotopic (exact) mass is 323 g/mol. The largest absolute Gasteiger partial charge is 0.481 e. The predicted octanol–water partition coefficient (Wildman–Crippen LogP) is 2.92. The zero-order valence-electron chi connectivity index (χ0n) is 13.7. The first-order valence-corrected chi connectivity index (χ1v) is 7.75. The third-order valence-electron chi connectivity index (χ3n) is 3.58. The topological polar surface area (TPSA) is 64.9 Å². The molecule has 0 aliphatic carbocycles. The fourth-order valence-corrected chi connectivity index (χ4v) is 2.54. The summed E-state index contributed by atoms with van der Waals surface area (Å²) in [6, 6.07) is 0. The molecule has 2 aromatic heterocycles. The van der Waals surface area contributed by atoms with Crippen LogP contribution in [0.2, 0.25) is 5.15 Å². The number of nitrogens with one attached hydrogen (secondary N) is 1. The van der Waals surface area contributed by atoms with Crippen LogP contribution in [0.4, 0.5) is 5.82 Å². The highest BCUT2D eigenvalue weighted by Crippen LogP contribution is 2.25. The predicted molar refractivity (Wildman–Crippen MR) is 87.6 cm³/mol. The van der Waals surface area contributed by atoms with Gasteiger partial charge in [0.05, 0.1) is 18.4 Å². The van der Waals surface area contributed by atoms with Crippen molar-refractivity contribution in [3.63, 3.8) is 0 Å². The van der Waals surface area contributed by atoms with E-state index in [1.54, 1.807) is 11.8 Å². The van der Waals surface area contributed by atoms with Crippen molar-refractivity contribution in [2.75, 3.05) is 12.4 Å². The van der Waals surface area contributed by atoms with E-state index in [4.69, 9.17) is 16.3 Å². The van der Waals surface area contributed by atoms with E-state index in [9.17, 15) is 0 Å². The molecule has 0 saturated heterocycles. The molecular weight excluding hydrogens is 302 g/mol. The minimum Gasteiger partial charge on any atom is -0.481 e. The lowest BCUT2D eigenvalue weighted by Crippen LogP contribution is -2.08. The van der Waals surface area contributed by atoms with Gasteiger partial charge < -0.3 is 10.1 Å². The van der Waals surface area contributed by atoms with Crippen LogP contribution >= 0.6 is 11.6 Å². The Morgan fingerprint density at radius 1 is 1.23 bits per heavy atom. The van der Waals surface area contributed by atoms with E-state index < -0.39 is 0 Å². The average molecular weight is 324 g/mol. The quantitative estimate of drug-likeness (QED) is 0.828. The number of hydrogen-bond donors (Lipinski definition) is 1. The van der Waals surface area contributed by atoms with E-state index >= 15 is 0 Å². The summed E-state index contributed by atoms with van der Waals surface area (Å²) < 4.78 is 7.20. The van der Waals surface area contributed by atoms with Gasteiger partial charge >= 0.3 is 0 Å². The molecule has 6 nitrogen and oxygen atoms in total. The molecule has 1 N–H and O–H groups in total. The Labute approximate surface area is 135 Å². The van der Waals surface area contributed by atoms with Crippen LogP contribution in [0, 0.1) is 6.92 Å². The van der Waals surface area contributed by atoms with Gasteiger partial charge in [-0.15, -0.1) is 0 Å². The lowest BCUT2D eigenvalue weighted by Gasteiger charge is -2.12. The first-order chi connectivity index (χ1) is 10.5. The van der Waals surface area contributed by atoms with Crippen LogP contribution in [0.25, 0.3) is 0 Å². The number of methoxy groups -OCH3 is 1. The van der Waals surface area contributed by atoms with Crippen molar-refractivity contribution in [2.24, 2.45) is 7.05 Å². The van der Waals surface area contributed by atoms with E-state index in [0.717, 1.165) is 47.2 Å². The standard InChI is InChI=1S/C15H22ClN5O/c1-6-11-10(15(22-5)21(4)20-11)8-17-14-9(3)13(16)18-12(7-2)19-14/h6-8H2,1-5H3,(H,17,18,19). The number of aryl methyl sites for hydroxylation is 3. The van der Waals surface area contributed by atoms with E-state index in [2.05, 4.69) is 27.3 Å². The first-order valence-electron chi connectivity index (χ1n) is 7.37. The zero-order chi connectivity index (χ0) is 16.3. The number of ether oxygens (including phenoxy) is 1. The molecule has 0 amide bonds. The number of rotatable bonds is 6. The fourth-order valence-electron chi connectivity index (χ4n) is 2.36. The van der Waals surface area contributed by atoms with Crippen LogP contribution in [0.15, 0.2) is 0 Å². The maximum absolute atomic E-state index is 6.17. The Morgan fingerprint density at radius 3 is 2.55 bits per heavy atom. The Hall–Kier alpha value is -1.82. The summed E-state index contributed by atoms with van der Waals surface area (Å²) in [4.78, 5) is 8.76. The second-order valence-electron chi connectivity index (χ2n) is 5.02. The maximum atomic E-state index is 6.17. The van der Waals surface area contributed by atoms with E-state index in [-0.39, 0.29) is 0 Å². The molecule has 0 unspecified atom stereocenters. The van der Waals surface area contributed by atoms with Crippen LogP contribution in [0.1, 0.15) is 36.5 Å². The zero-order valence-corrected chi connectivity index (χ0v) is 14.5. The van der Waals surface area contributed by atoms with Gasteiger partial charge in [-0.3, -0.25) is 0 Å². The molecular formula is C15H22ClN5O. The number of hydrogen-bond acceptors (Lipinski definition) is 5. The average Bonchev–Trinajstić information content (AvgIpc) is 2.83. The highest BCUT2D eigenvalue weighted by atomic mass is 35.5. The van der Waals surface area contributed by atoms with Crippen molar-refractivity contribution in [1.82, 2.24) is 19.7 Å². The highest BCUT2D eigenvalue weighted by Gasteiger charge is 2.16. The van der Waals surface area contributed by atoms with E-state index in [1.165, 1.54) is 0 Å². The maximum Gasteiger partial charge on any atom is 0.216 e. The van der Waals surface area contributed by atoms with Gasteiger partial charge in [0.25, 0.3) is 0 Å². The molecule has 0 bridgehead atoms. The summed E-state index contributed by atoms with van der Waals surface area (Å²) >= 11 is 6.17. The summed E-state index contributed by atoms with van der Waals surface area (Å²) in [7, 11) is 3.53. The van der Waals surface area contributed by atoms with Crippen molar-refractivity contribution in [3.8, 4) is 5.88 Å². The van der Waals surface area contributed by atoms with Crippen molar-refractivity contribution in [1.29, 1.82) is 0 Å². The lowest BCUT2D eigenvalue weighted by atomic mass is 10.2. The molecule has 0 radical (unpaired) electrons. The molecule has 0 aromatic carbocycles.